The van der Waals surface area contributed by atoms with Crippen LogP contribution in [0, 0.1) is 34.5 Å². The molecule has 1 aromatic rings. The molecule has 9 heteroatoms. The zero-order chi connectivity index (χ0) is 25.0. The second-order valence-electron chi connectivity index (χ2n) is 11.7. The van der Waals surface area contributed by atoms with Crippen LogP contribution in [0.5, 0.6) is 0 Å². The fourth-order valence-electron chi connectivity index (χ4n) is 7.52. The van der Waals surface area contributed by atoms with Crippen LogP contribution in [0.15, 0.2) is 18.3 Å². The number of alkyl halides is 3. The molecule has 1 aliphatic heterocycles. The van der Waals surface area contributed by atoms with E-state index in [9.17, 15) is 23.2 Å². The third kappa shape index (κ3) is 4.50. The molecule has 2 atom stereocenters. The molecular formula is C26H34F3N5O. The summed E-state index contributed by atoms with van der Waals surface area (Å²) in [5, 5.41) is 12.8. The molecule has 5 fully saturated rings. The lowest BCUT2D eigenvalue weighted by atomic mass is 9.47. The first-order chi connectivity index (χ1) is 16.5. The van der Waals surface area contributed by atoms with E-state index in [2.05, 4.69) is 21.3 Å². The number of halogens is 3. The number of anilines is 1. The Labute approximate surface area is 204 Å². The Bertz CT molecular complexity index is 978. The summed E-state index contributed by atoms with van der Waals surface area (Å²) in [4.78, 5) is 21.7. The summed E-state index contributed by atoms with van der Waals surface area (Å²) in [6.45, 7) is 6.38. The number of nitriles is 1. The number of amides is 1. The summed E-state index contributed by atoms with van der Waals surface area (Å²) in [5.74, 6) is 2.22. The second-order valence-corrected chi connectivity index (χ2v) is 11.7. The molecule has 4 saturated carbocycles. The van der Waals surface area contributed by atoms with Crippen LogP contribution < -0.4 is 10.2 Å². The Morgan fingerprint density at radius 3 is 2.34 bits per heavy atom. The minimum atomic E-state index is -4.39. The van der Waals surface area contributed by atoms with E-state index in [0.717, 1.165) is 37.9 Å². The number of carbonyl (C=O) groups is 1. The van der Waals surface area contributed by atoms with Gasteiger partial charge in [0, 0.05) is 44.8 Å². The first kappa shape index (κ1) is 24.4. The van der Waals surface area contributed by atoms with Crippen molar-refractivity contribution < 1.29 is 18.0 Å². The van der Waals surface area contributed by atoms with E-state index in [1.807, 2.05) is 18.7 Å². The van der Waals surface area contributed by atoms with Crippen molar-refractivity contribution in [3.8, 4) is 6.07 Å². The molecule has 2 unspecified atom stereocenters. The normalized spacial score (nSPS) is 33.0. The molecule has 0 spiro atoms. The van der Waals surface area contributed by atoms with Crippen molar-refractivity contribution in [3.63, 3.8) is 0 Å². The number of rotatable bonds is 5. The second kappa shape index (κ2) is 8.65. The molecule has 1 amide bonds. The van der Waals surface area contributed by atoms with Gasteiger partial charge in [-0.25, -0.2) is 4.98 Å². The molecule has 190 valence electrons. The molecule has 2 heterocycles. The summed E-state index contributed by atoms with van der Waals surface area (Å²) >= 11 is 0. The Balaban J connectivity index is 1.19. The number of piperazine rings is 1. The van der Waals surface area contributed by atoms with E-state index >= 15 is 0 Å². The van der Waals surface area contributed by atoms with Gasteiger partial charge in [-0.3, -0.25) is 9.69 Å². The lowest BCUT2D eigenvalue weighted by molar-refractivity contribution is -0.138. The summed E-state index contributed by atoms with van der Waals surface area (Å²) in [6, 6.07) is 5.10. The van der Waals surface area contributed by atoms with E-state index in [4.69, 9.17) is 0 Å². The first-order valence-electron chi connectivity index (χ1n) is 12.7. The predicted octanol–water partition coefficient (Wildman–Crippen LogP) is 4.23. The highest BCUT2D eigenvalue weighted by Crippen LogP contribution is 2.61. The lowest BCUT2D eigenvalue weighted by Crippen LogP contribution is -2.65. The summed E-state index contributed by atoms with van der Waals surface area (Å²) in [5.41, 5.74) is -1.26. The molecule has 1 aromatic heterocycles. The van der Waals surface area contributed by atoms with Crippen LogP contribution in [0.2, 0.25) is 0 Å². The molecular weight excluding hydrogens is 455 g/mol. The van der Waals surface area contributed by atoms with Gasteiger partial charge in [0.1, 0.15) is 5.82 Å². The van der Waals surface area contributed by atoms with Crippen molar-refractivity contribution in [1.82, 2.24) is 15.2 Å². The quantitative estimate of drug-likeness (QED) is 0.670. The third-order valence-corrected chi connectivity index (χ3v) is 9.18. The Morgan fingerprint density at radius 1 is 1.14 bits per heavy atom. The van der Waals surface area contributed by atoms with Crippen LogP contribution >= 0.6 is 0 Å². The van der Waals surface area contributed by atoms with Crippen molar-refractivity contribution in [3.05, 3.63) is 23.9 Å². The smallest absolute Gasteiger partial charge is 0.354 e. The number of hydrogen-bond donors (Lipinski definition) is 1. The maximum absolute atomic E-state index is 13.5. The highest BCUT2D eigenvalue weighted by molar-refractivity contribution is 5.85. The highest BCUT2D eigenvalue weighted by Gasteiger charge is 2.56. The van der Waals surface area contributed by atoms with Gasteiger partial charge >= 0.3 is 6.18 Å². The summed E-state index contributed by atoms with van der Waals surface area (Å²) < 4.78 is 38.5. The van der Waals surface area contributed by atoms with Crippen molar-refractivity contribution in [2.24, 2.45) is 23.2 Å². The first-order valence-corrected chi connectivity index (χ1v) is 12.7. The largest absolute Gasteiger partial charge is 0.417 e. The Kier molecular flexibility index (Phi) is 6.02. The number of pyridine rings is 1. The van der Waals surface area contributed by atoms with Gasteiger partial charge in [0.15, 0.2) is 0 Å². The molecule has 1 saturated heterocycles. The van der Waals surface area contributed by atoms with Gasteiger partial charge in [-0.2, -0.15) is 18.4 Å². The number of hydrogen-bond acceptors (Lipinski definition) is 5. The number of nitrogens with zero attached hydrogens (tertiary/aromatic N) is 4. The molecule has 0 radical (unpaired) electrons. The average Bonchev–Trinajstić information content (AvgIpc) is 2.80. The van der Waals surface area contributed by atoms with Crippen LogP contribution in [0.4, 0.5) is 19.0 Å². The van der Waals surface area contributed by atoms with Gasteiger partial charge in [0.05, 0.1) is 17.2 Å². The van der Waals surface area contributed by atoms with Crippen LogP contribution in [0.25, 0.3) is 0 Å². The lowest BCUT2D eigenvalue weighted by Gasteiger charge is -2.60. The molecule has 4 bridgehead atoms. The Hall–Kier alpha value is -2.34. The van der Waals surface area contributed by atoms with Gasteiger partial charge in [-0.15, -0.1) is 0 Å². The standard InChI is InChI=1S/C26H34F3N5O/c1-24(2,34-9-7-33(8-10-34)21-4-3-20(16-31-21)26(27,28)29)23(35)32-22-18-11-17-12-19(22)15-25(13-17,14-18)5-6-30/h3-4,16-19,22H,5,7-15H2,1-2H3,(H,32,35). The highest BCUT2D eigenvalue weighted by atomic mass is 19.4. The zero-order valence-corrected chi connectivity index (χ0v) is 20.4. The van der Waals surface area contributed by atoms with Crippen molar-refractivity contribution in [1.29, 1.82) is 5.26 Å². The number of aromatic nitrogens is 1. The predicted molar refractivity (Wildman–Crippen MR) is 125 cm³/mol. The number of carbonyl (C=O) groups excluding carboxylic acids is 1. The molecule has 6 nitrogen and oxygen atoms in total. The summed E-state index contributed by atoms with van der Waals surface area (Å²) in [6.07, 6.45) is 2.73. The van der Waals surface area contributed by atoms with Gasteiger partial charge in [0.2, 0.25) is 5.91 Å². The minimum Gasteiger partial charge on any atom is -0.354 e. The topological polar surface area (TPSA) is 72.3 Å². The molecule has 4 aliphatic carbocycles. The van der Waals surface area contributed by atoms with Crippen LogP contribution in [-0.4, -0.2) is 53.6 Å². The molecule has 1 N–H and O–H groups in total. The Morgan fingerprint density at radius 2 is 1.80 bits per heavy atom. The molecule has 6 rings (SSSR count). The van der Waals surface area contributed by atoms with E-state index < -0.39 is 17.3 Å². The van der Waals surface area contributed by atoms with Gasteiger partial charge in [-0.05, 0) is 81.3 Å². The summed E-state index contributed by atoms with van der Waals surface area (Å²) in [7, 11) is 0. The van der Waals surface area contributed by atoms with Crippen molar-refractivity contribution in [2.75, 3.05) is 31.1 Å². The maximum atomic E-state index is 13.5. The van der Waals surface area contributed by atoms with E-state index in [1.165, 1.54) is 12.5 Å². The minimum absolute atomic E-state index is 0.0467. The zero-order valence-electron chi connectivity index (χ0n) is 20.4. The average molecular weight is 490 g/mol. The fraction of sp³-hybridized carbons (Fsp3) is 0.731. The third-order valence-electron chi connectivity index (χ3n) is 9.18. The van der Waals surface area contributed by atoms with Gasteiger partial charge in [0.25, 0.3) is 0 Å². The van der Waals surface area contributed by atoms with Crippen LogP contribution in [-0.2, 0) is 11.0 Å². The van der Waals surface area contributed by atoms with Gasteiger partial charge in [-0.1, -0.05) is 0 Å². The number of nitrogens with one attached hydrogen (secondary N) is 1. The monoisotopic (exact) mass is 489 g/mol. The van der Waals surface area contributed by atoms with Crippen molar-refractivity contribution >= 4 is 11.7 Å². The molecule has 5 aliphatic rings. The van der Waals surface area contributed by atoms with E-state index in [1.54, 1.807) is 0 Å². The van der Waals surface area contributed by atoms with Crippen LogP contribution in [0.3, 0.4) is 0 Å². The van der Waals surface area contributed by atoms with Crippen LogP contribution in [0.1, 0.15) is 57.9 Å². The maximum Gasteiger partial charge on any atom is 0.417 e. The van der Waals surface area contributed by atoms with E-state index in [-0.39, 0.29) is 17.4 Å². The molecule has 35 heavy (non-hydrogen) atoms. The van der Waals surface area contributed by atoms with Gasteiger partial charge < -0.3 is 10.2 Å². The fourth-order valence-corrected chi connectivity index (χ4v) is 7.52. The van der Waals surface area contributed by atoms with E-state index in [0.29, 0.717) is 56.2 Å². The SMILES string of the molecule is CC(C)(C(=O)NC1C2CC3CC1CC(CC#N)(C3)C2)N1CCN(c2ccc(C(F)(F)F)cn2)CC1. The molecule has 0 aromatic carbocycles. The van der Waals surface area contributed by atoms with Crippen molar-refractivity contribution in [2.45, 2.75) is 70.1 Å².